The zero-order chi connectivity index (χ0) is 7.42. The fourth-order valence-electron chi connectivity index (χ4n) is 3.35. The van der Waals surface area contributed by atoms with Crippen molar-refractivity contribution >= 4 is 15.9 Å². The Morgan fingerprint density at radius 2 is 1.64 bits per heavy atom. The first-order valence-corrected chi connectivity index (χ1v) is 5.61. The summed E-state index contributed by atoms with van der Waals surface area (Å²) >= 11 is 3.85. The van der Waals surface area contributed by atoms with Gasteiger partial charge in [0.1, 0.15) is 0 Å². The molecule has 4 aliphatic rings. The van der Waals surface area contributed by atoms with E-state index in [0.717, 1.165) is 22.6 Å². The van der Waals surface area contributed by atoms with Crippen LogP contribution in [0.3, 0.4) is 0 Å². The maximum atomic E-state index is 3.85. The quantitative estimate of drug-likeness (QED) is 0.557. The Labute approximate surface area is 76.3 Å². The van der Waals surface area contributed by atoms with E-state index in [-0.39, 0.29) is 0 Å². The number of hydrogen-bond donors (Lipinski definition) is 0. The van der Waals surface area contributed by atoms with Crippen molar-refractivity contribution in [1.29, 1.82) is 0 Å². The maximum Gasteiger partial charge on any atom is 0.0226 e. The molecule has 3 saturated heterocycles. The monoisotopic (exact) mass is 215 g/mol. The number of alkyl halides is 1. The molecule has 62 valence electrons. The molecule has 3 heterocycles. The summed E-state index contributed by atoms with van der Waals surface area (Å²) in [7, 11) is 0. The van der Waals surface area contributed by atoms with E-state index in [9.17, 15) is 0 Å². The Morgan fingerprint density at radius 3 is 2.18 bits per heavy atom. The summed E-state index contributed by atoms with van der Waals surface area (Å²) in [5.74, 6) is 3.03. The van der Waals surface area contributed by atoms with Crippen molar-refractivity contribution in [2.45, 2.75) is 17.7 Å². The number of halogens is 1. The van der Waals surface area contributed by atoms with Crippen LogP contribution >= 0.6 is 15.9 Å². The summed E-state index contributed by atoms with van der Waals surface area (Å²) in [6.45, 7) is 4.17. The zero-order valence-corrected chi connectivity index (χ0v) is 8.26. The Morgan fingerprint density at radius 1 is 1.00 bits per heavy atom. The second-order valence-corrected chi connectivity index (χ2v) is 5.58. The minimum Gasteiger partial charge on any atom is -0.302 e. The van der Waals surface area contributed by atoms with E-state index in [0.29, 0.717) is 0 Å². The van der Waals surface area contributed by atoms with Gasteiger partial charge in [-0.2, -0.15) is 0 Å². The van der Waals surface area contributed by atoms with Crippen LogP contribution in [-0.4, -0.2) is 29.4 Å². The molecule has 0 aromatic rings. The first kappa shape index (κ1) is 6.90. The van der Waals surface area contributed by atoms with E-state index < -0.39 is 0 Å². The van der Waals surface area contributed by atoms with E-state index in [4.69, 9.17) is 0 Å². The number of nitrogens with zero attached hydrogens (tertiary/aromatic N) is 1. The Hall–Kier alpha value is 0.440. The Bertz CT molecular complexity index is 152. The van der Waals surface area contributed by atoms with Crippen molar-refractivity contribution in [1.82, 2.24) is 4.90 Å². The highest BCUT2D eigenvalue weighted by molar-refractivity contribution is 9.09. The molecule has 0 amide bonds. The average Bonchev–Trinajstić information content (AvgIpc) is 1.98. The van der Waals surface area contributed by atoms with Crippen LogP contribution in [0.4, 0.5) is 0 Å². The highest BCUT2D eigenvalue weighted by Crippen LogP contribution is 2.46. The molecule has 1 saturated carbocycles. The fourth-order valence-corrected chi connectivity index (χ4v) is 4.12. The van der Waals surface area contributed by atoms with Crippen molar-refractivity contribution < 1.29 is 0 Å². The molecule has 0 radical (unpaired) electrons. The van der Waals surface area contributed by atoms with E-state index >= 15 is 0 Å². The third-order valence-corrected chi connectivity index (χ3v) is 5.17. The Kier molecular flexibility index (Phi) is 1.40. The van der Waals surface area contributed by atoms with Gasteiger partial charge in [0.05, 0.1) is 0 Å². The number of hydrogen-bond acceptors (Lipinski definition) is 1. The molecule has 1 nitrogen and oxygen atoms in total. The zero-order valence-electron chi connectivity index (χ0n) is 6.67. The molecule has 0 aromatic carbocycles. The van der Waals surface area contributed by atoms with Crippen molar-refractivity contribution in [2.75, 3.05) is 19.6 Å². The largest absolute Gasteiger partial charge is 0.302 e. The first-order chi connectivity index (χ1) is 5.33. The molecule has 2 atom stereocenters. The van der Waals surface area contributed by atoms with Gasteiger partial charge in [-0.3, -0.25) is 0 Å². The molecule has 4 fully saturated rings. The standard InChI is InChI=1S/C9H14BrN/c10-9-7-1-6-2-8(9)5-11(3-6)4-7/h6-9H,1-5H2. The van der Waals surface area contributed by atoms with Gasteiger partial charge in [0, 0.05) is 24.5 Å². The van der Waals surface area contributed by atoms with Crippen LogP contribution in [0.5, 0.6) is 0 Å². The number of rotatable bonds is 0. The predicted molar refractivity (Wildman–Crippen MR) is 48.9 cm³/mol. The van der Waals surface area contributed by atoms with Gasteiger partial charge in [-0.05, 0) is 30.6 Å². The maximum absolute atomic E-state index is 3.85. The second kappa shape index (κ2) is 2.23. The van der Waals surface area contributed by atoms with E-state index in [2.05, 4.69) is 20.8 Å². The average molecular weight is 216 g/mol. The molecular formula is C9H14BrN. The highest BCUT2D eigenvalue weighted by Gasteiger charge is 2.46. The van der Waals surface area contributed by atoms with Gasteiger partial charge in [0.15, 0.2) is 0 Å². The summed E-state index contributed by atoms with van der Waals surface area (Å²) in [5, 5.41) is 0. The van der Waals surface area contributed by atoms with Gasteiger partial charge >= 0.3 is 0 Å². The SMILES string of the molecule is BrC1C2CC3CC1CN(C3)C2. The molecular weight excluding hydrogens is 202 g/mol. The van der Waals surface area contributed by atoms with Crippen LogP contribution in [0.15, 0.2) is 0 Å². The molecule has 2 unspecified atom stereocenters. The van der Waals surface area contributed by atoms with Crippen LogP contribution in [-0.2, 0) is 0 Å². The van der Waals surface area contributed by atoms with Crippen molar-refractivity contribution in [3.63, 3.8) is 0 Å². The van der Waals surface area contributed by atoms with Crippen molar-refractivity contribution in [2.24, 2.45) is 17.8 Å². The van der Waals surface area contributed by atoms with Gasteiger partial charge < -0.3 is 4.90 Å². The third-order valence-electron chi connectivity index (χ3n) is 3.67. The highest BCUT2D eigenvalue weighted by atomic mass is 79.9. The van der Waals surface area contributed by atoms with Gasteiger partial charge in [0.25, 0.3) is 0 Å². The van der Waals surface area contributed by atoms with Crippen LogP contribution < -0.4 is 0 Å². The minimum absolute atomic E-state index is 0.857. The lowest BCUT2D eigenvalue weighted by atomic mass is 9.68. The normalized spacial score (nSPS) is 60.3. The third kappa shape index (κ3) is 0.919. The smallest absolute Gasteiger partial charge is 0.0226 e. The lowest BCUT2D eigenvalue weighted by Gasteiger charge is -2.54. The van der Waals surface area contributed by atoms with Crippen LogP contribution in [0.25, 0.3) is 0 Å². The molecule has 0 aromatic heterocycles. The topological polar surface area (TPSA) is 3.24 Å². The summed E-state index contributed by atoms with van der Waals surface area (Å²) in [6.07, 6.45) is 3.01. The van der Waals surface area contributed by atoms with Crippen LogP contribution in [0.2, 0.25) is 0 Å². The molecule has 2 heteroatoms. The lowest BCUT2D eigenvalue weighted by molar-refractivity contribution is -0.00929. The van der Waals surface area contributed by atoms with Gasteiger partial charge in [-0.1, -0.05) is 15.9 Å². The van der Waals surface area contributed by atoms with E-state index in [1.165, 1.54) is 32.5 Å². The second-order valence-electron chi connectivity index (χ2n) is 4.52. The molecule has 4 rings (SSSR count). The molecule has 0 spiro atoms. The summed E-state index contributed by atoms with van der Waals surface area (Å²) in [6, 6.07) is 0. The number of piperidine rings is 3. The van der Waals surface area contributed by atoms with Crippen LogP contribution in [0, 0.1) is 17.8 Å². The molecule has 11 heavy (non-hydrogen) atoms. The van der Waals surface area contributed by atoms with Crippen LogP contribution in [0.1, 0.15) is 12.8 Å². The summed E-state index contributed by atoms with van der Waals surface area (Å²) in [4.78, 5) is 3.53. The van der Waals surface area contributed by atoms with Gasteiger partial charge in [-0.25, -0.2) is 0 Å². The molecule has 1 aliphatic carbocycles. The molecule has 0 N–H and O–H groups in total. The van der Waals surface area contributed by atoms with Crippen molar-refractivity contribution in [3.05, 3.63) is 0 Å². The molecule has 3 aliphatic heterocycles. The summed E-state index contributed by atoms with van der Waals surface area (Å²) in [5.41, 5.74) is 0. The van der Waals surface area contributed by atoms with E-state index in [1.54, 1.807) is 0 Å². The first-order valence-electron chi connectivity index (χ1n) is 4.69. The van der Waals surface area contributed by atoms with Gasteiger partial charge in [0.2, 0.25) is 0 Å². The lowest BCUT2D eigenvalue weighted by Crippen LogP contribution is -2.58. The summed E-state index contributed by atoms with van der Waals surface area (Å²) < 4.78 is 0. The minimum atomic E-state index is 0.857. The predicted octanol–water partition coefficient (Wildman–Crippen LogP) is 1.72. The fraction of sp³-hybridized carbons (Fsp3) is 1.00. The molecule has 4 bridgehead atoms. The van der Waals surface area contributed by atoms with Gasteiger partial charge in [-0.15, -0.1) is 0 Å². The van der Waals surface area contributed by atoms with Crippen molar-refractivity contribution in [3.8, 4) is 0 Å². The van der Waals surface area contributed by atoms with E-state index in [1.807, 2.05) is 0 Å². The Balaban J connectivity index is 1.91.